The summed E-state index contributed by atoms with van der Waals surface area (Å²) in [7, 11) is 0. The Labute approximate surface area is 157 Å². The van der Waals surface area contributed by atoms with E-state index in [1.54, 1.807) is 10.5 Å². The average Bonchev–Trinajstić information content (AvgIpc) is 2.86. The van der Waals surface area contributed by atoms with Gasteiger partial charge in [0, 0.05) is 5.41 Å². The molecule has 0 nitrogen and oxygen atoms in total. The van der Waals surface area contributed by atoms with Gasteiger partial charge in [-0.05, 0) is 83.0 Å². The van der Waals surface area contributed by atoms with Gasteiger partial charge in [0.25, 0.3) is 0 Å². The van der Waals surface area contributed by atoms with Crippen molar-refractivity contribution in [2.75, 3.05) is 5.75 Å². The molecule has 3 fully saturated rings. The van der Waals surface area contributed by atoms with Crippen molar-refractivity contribution in [3.05, 3.63) is 34.8 Å². The summed E-state index contributed by atoms with van der Waals surface area (Å²) in [4.78, 5) is 1.55. The molecule has 0 amide bonds. The Bertz CT molecular complexity index is 646. The lowest BCUT2D eigenvalue weighted by Gasteiger charge is -2.59. The largest absolute Gasteiger partial charge is 0.247 e. The first-order chi connectivity index (χ1) is 11.8. The number of thioether (sulfide) groups is 1. The van der Waals surface area contributed by atoms with Gasteiger partial charge in [-0.2, -0.15) is 0 Å². The van der Waals surface area contributed by atoms with E-state index >= 15 is 0 Å². The van der Waals surface area contributed by atoms with Crippen molar-refractivity contribution in [3.8, 4) is 0 Å². The Morgan fingerprint density at radius 1 is 1.32 bits per heavy atom. The molecule has 0 aromatic rings. The number of fused-ring (bicyclic) bond motifs is 5. The highest BCUT2D eigenvalue weighted by molar-refractivity contribution is 8.03. The van der Waals surface area contributed by atoms with Crippen LogP contribution in [0.5, 0.6) is 0 Å². The van der Waals surface area contributed by atoms with Gasteiger partial charge in [-0.3, -0.25) is 0 Å². The Morgan fingerprint density at radius 2 is 2.08 bits per heavy atom. The number of alkyl halides is 1. The van der Waals surface area contributed by atoms with Crippen molar-refractivity contribution >= 4 is 11.8 Å². The predicted molar refractivity (Wildman–Crippen MR) is 107 cm³/mol. The molecule has 2 heteroatoms. The Morgan fingerprint density at radius 3 is 2.80 bits per heavy atom. The van der Waals surface area contributed by atoms with E-state index in [0.717, 1.165) is 25.0 Å². The SMILES string of the molecule is C=C1C2=C(SCC)CC=C[C@]2(C)[C@H]2CC[C@]3(C)C[C@@H](F)C[C@H]3[C@@H]2[C@@H]1C. The maximum absolute atomic E-state index is 14.4. The topological polar surface area (TPSA) is 0 Å². The van der Waals surface area contributed by atoms with Crippen LogP contribution in [0.15, 0.2) is 34.8 Å². The zero-order chi connectivity index (χ0) is 18.0. The Hall–Kier alpha value is -0.500. The maximum Gasteiger partial charge on any atom is 0.101 e. The van der Waals surface area contributed by atoms with E-state index in [-0.39, 0.29) is 10.8 Å². The molecule has 3 saturated carbocycles. The lowest BCUT2D eigenvalue weighted by atomic mass is 9.45. The molecule has 0 N–H and O–H groups in total. The highest BCUT2D eigenvalue weighted by Gasteiger charge is 2.60. The molecule has 0 radical (unpaired) electrons. The van der Waals surface area contributed by atoms with E-state index in [4.69, 9.17) is 0 Å². The molecule has 0 aliphatic heterocycles. The average molecular weight is 361 g/mol. The molecule has 0 aromatic heterocycles. The van der Waals surface area contributed by atoms with Gasteiger partial charge >= 0.3 is 0 Å². The van der Waals surface area contributed by atoms with E-state index in [1.807, 2.05) is 11.8 Å². The molecule has 0 spiro atoms. The van der Waals surface area contributed by atoms with Crippen molar-refractivity contribution in [3.63, 3.8) is 0 Å². The first-order valence-electron chi connectivity index (χ1n) is 10.2. The van der Waals surface area contributed by atoms with Crippen LogP contribution in [0.3, 0.4) is 0 Å². The third-order valence-corrected chi connectivity index (χ3v) is 9.18. The molecule has 0 saturated heterocycles. The van der Waals surface area contributed by atoms with Gasteiger partial charge in [-0.15, -0.1) is 11.8 Å². The quantitative estimate of drug-likeness (QED) is 0.480. The first-order valence-corrected chi connectivity index (χ1v) is 11.2. The van der Waals surface area contributed by atoms with Gasteiger partial charge in [-0.25, -0.2) is 4.39 Å². The van der Waals surface area contributed by atoms with Gasteiger partial charge in [0.1, 0.15) is 6.17 Å². The summed E-state index contributed by atoms with van der Waals surface area (Å²) >= 11 is 2.01. The summed E-state index contributed by atoms with van der Waals surface area (Å²) in [6.45, 7) is 14.1. The minimum absolute atomic E-state index is 0.111. The van der Waals surface area contributed by atoms with Crippen LogP contribution in [0.25, 0.3) is 0 Å². The van der Waals surface area contributed by atoms with Gasteiger partial charge in [0.05, 0.1) is 0 Å². The van der Waals surface area contributed by atoms with E-state index < -0.39 is 6.17 Å². The number of halogens is 1. The van der Waals surface area contributed by atoms with E-state index in [9.17, 15) is 4.39 Å². The molecule has 138 valence electrons. The zero-order valence-electron chi connectivity index (χ0n) is 16.3. The molecule has 25 heavy (non-hydrogen) atoms. The molecule has 4 rings (SSSR count). The van der Waals surface area contributed by atoms with Crippen LogP contribution in [-0.4, -0.2) is 11.9 Å². The molecule has 4 aliphatic carbocycles. The number of allylic oxidation sites excluding steroid dienone is 5. The summed E-state index contributed by atoms with van der Waals surface area (Å²) < 4.78 is 14.4. The predicted octanol–water partition coefficient (Wildman–Crippen LogP) is 6.95. The molecule has 7 atom stereocenters. The van der Waals surface area contributed by atoms with E-state index in [2.05, 4.69) is 46.4 Å². The van der Waals surface area contributed by atoms with E-state index in [1.165, 1.54) is 18.4 Å². The highest BCUT2D eigenvalue weighted by Crippen LogP contribution is 2.67. The van der Waals surface area contributed by atoms with Crippen LogP contribution in [0, 0.1) is 34.5 Å². The minimum Gasteiger partial charge on any atom is -0.247 e. The molecule has 4 aliphatic rings. The monoisotopic (exact) mass is 360 g/mol. The maximum atomic E-state index is 14.4. The number of hydrogen-bond donors (Lipinski definition) is 0. The Balaban J connectivity index is 1.80. The molecular weight excluding hydrogens is 327 g/mol. The van der Waals surface area contributed by atoms with Crippen LogP contribution >= 0.6 is 11.8 Å². The second-order valence-electron chi connectivity index (χ2n) is 9.45. The lowest BCUT2D eigenvalue weighted by molar-refractivity contribution is -0.0278. The smallest absolute Gasteiger partial charge is 0.101 e. The second kappa shape index (κ2) is 6.01. The molecular formula is C23H33FS. The van der Waals surface area contributed by atoms with Gasteiger partial charge in [0.15, 0.2) is 0 Å². The minimum atomic E-state index is -0.591. The van der Waals surface area contributed by atoms with Gasteiger partial charge < -0.3 is 0 Å². The Kier molecular flexibility index (Phi) is 4.30. The fourth-order valence-electron chi connectivity index (χ4n) is 7.06. The lowest BCUT2D eigenvalue weighted by Crippen LogP contribution is -2.52. The number of rotatable bonds is 2. The summed E-state index contributed by atoms with van der Waals surface area (Å²) in [5.41, 5.74) is 3.23. The molecule has 0 bridgehead atoms. The fourth-order valence-corrected chi connectivity index (χ4v) is 8.12. The van der Waals surface area contributed by atoms with Crippen LogP contribution < -0.4 is 0 Å². The van der Waals surface area contributed by atoms with Crippen LogP contribution in [-0.2, 0) is 0 Å². The van der Waals surface area contributed by atoms with Crippen molar-refractivity contribution < 1.29 is 4.39 Å². The summed E-state index contributed by atoms with van der Waals surface area (Å²) in [5, 5.41) is 0. The standard InChI is InChI=1S/C23H33FS/c1-6-25-19-8-7-10-23(5)17-9-11-22(4)13-16(24)12-18(22)20(17)14(2)15(3)21(19)23/h7,10,14,16-18,20H,3,6,8-9,11-13H2,1-2,4-5H3/t14-,16+,17+,18+,20-,22-,23-/m1/s1. The summed E-state index contributed by atoms with van der Waals surface area (Å²) in [5.74, 6) is 3.39. The summed E-state index contributed by atoms with van der Waals surface area (Å²) in [6.07, 6.45) is 9.37. The van der Waals surface area contributed by atoms with Crippen LogP contribution in [0.2, 0.25) is 0 Å². The number of hydrogen-bond acceptors (Lipinski definition) is 1. The van der Waals surface area contributed by atoms with Gasteiger partial charge in [-0.1, -0.05) is 46.4 Å². The van der Waals surface area contributed by atoms with Crippen molar-refractivity contribution in [2.45, 2.75) is 66.0 Å². The van der Waals surface area contributed by atoms with Crippen molar-refractivity contribution in [2.24, 2.45) is 34.5 Å². The third-order valence-electron chi connectivity index (χ3n) is 8.17. The fraction of sp³-hybridized carbons (Fsp3) is 0.739. The summed E-state index contributed by atoms with van der Waals surface area (Å²) in [6, 6.07) is 0. The molecule has 0 heterocycles. The zero-order valence-corrected chi connectivity index (χ0v) is 17.1. The molecule has 0 unspecified atom stereocenters. The van der Waals surface area contributed by atoms with Crippen molar-refractivity contribution in [1.29, 1.82) is 0 Å². The van der Waals surface area contributed by atoms with Crippen molar-refractivity contribution in [1.82, 2.24) is 0 Å². The highest BCUT2D eigenvalue weighted by atomic mass is 32.2. The first kappa shape index (κ1) is 17.9. The second-order valence-corrected chi connectivity index (χ2v) is 10.8. The van der Waals surface area contributed by atoms with Gasteiger partial charge in [0.2, 0.25) is 0 Å². The molecule has 0 aromatic carbocycles. The van der Waals surface area contributed by atoms with Crippen LogP contribution in [0.1, 0.15) is 59.8 Å². The normalized spacial score (nSPS) is 49.0. The van der Waals surface area contributed by atoms with E-state index in [0.29, 0.717) is 23.7 Å². The third kappa shape index (κ3) is 2.46. The van der Waals surface area contributed by atoms with Crippen LogP contribution in [0.4, 0.5) is 4.39 Å².